The summed E-state index contributed by atoms with van der Waals surface area (Å²) in [4.78, 5) is 26.9. The molecule has 1 rings (SSSR count). The van der Waals surface area contributed by atoms with Crippen LogP contribution in [0.3, 0.4) is 0 Å². The van der Waals surface area contributed by atoms with Crippen LogP contribution in [0.2, 0.25) is 0 Å². The van der Waals surface area contributed by atoms with Gasteiger partial charge in [0.1, 0.15) is 0 Å². The second-order valence-corrected chi connectivity index (χ2v) is 5.03. The van der Waals surface area contributed by atoms with Gasteiger partial charge in [0.25, 0.3) is 0 Å². The molecule has 0 saturated heterocycles. The van der Waals surface area contributed by atoms with Crippen molar-refractivity contribution in [3.63, 3.8) is 0 Å². The van der Waals surface area contributed by atoms with Crippen LogP contribution in [-0.4, -0.2) is 28.6 Å². The molecule has 19 heavy (non-hydrogen) atoms. The average Bonchev–Trinajstić information content (AvgIpc) is 2.91. The summed E-state index contributed by atoms with van der Waals surface area (Å²) >= 11 is 1.46. The molecule has 106 valence electrons. The van der Waals surface area contributed by atoms with Crippen molar-refractivity contribution in [1.82, 2.24) is 15.6 Å². The van der Waals surface area contributed by atoms with E-state index < -0.39 is 11.4 Å². The molecule has 1 heterocycles. The number of aromatic nitrogens is 1. The van der Waals surface area contributed by atoms with Crippen LogP contribution in [0.4, 0.5) is 4.79 Å². The van der Waals surface area contributed by atoms with Crippen molar-refractivity contribution in [3.05, 3.63) is 16.6 Å². The van der Waals surface area contributed by atoms with Crippen LogP contribution >= 0.6 is 11.3 Å². The smallest absolute Gasteiger partial charge is 0.315 e. The summed E-state index contributed by atoms with van der Waals surface area (Å²) in [6, 6.07) is -0.375. The highest BCUT2D eigenvalue weighted by atomic mass is 32.1. The Bertz CT molecular complexity index is 416. The third kappa shape index (κ3) is 4.20. The minimum atomic E-state index is -0.891. The highest BCUT2D eigenvalue weighted by Gasteiger charge is 2.35. The second kappa shape index (κ2) is 7.08. The van der Waals surface area contributed by atoms with Crippen molar-refractivity contribution in [2.75, 3.05) is 6.54 Å². The molecule has 0 aliphatic heterocycles. The van der Waals surface area contributed by atoms with E-state index >= 15 is 0 Å². The van der Waals surface area contributed by atoms with Gasteiger partial charge < -0.3 is 15.7 Å². The van der Waals surface area contributed by atoms with Crippen LogP contribution in [0.15, 0.2) is 10.9 Å². The quantitative estimate of drug-likeness (QED) is 0.712. The topological polar surface area (TPSA) is 91.3 Å². The number of carbonyl (C=O) groups is 2. The molecule has 1 aromatic heterocycles. The van der Waals surface area contributed by atoms with Gasteiger partial charge in [0.2, 0.25) is 0 Å². The lowest BCUT2D eigenvalue weighted by Crippen LogP contribution is -2.45. The van der Waals surface area contributed by atoms with Gasteiger partial charge in [-0.15, -0.1) is 11.3 Å². The van der Waals surface area contributed by atoms with Crippen LogP contribution in [0.1, 0.15) is 32.4 Å². The average molecular weight is 285 g/mol. The minimum absolute atomic E-state index is 0.123. The molecule has 0 bridgehead atoms. The van der Waals surface area contributed by atoms with Crippen molar-refractivity contribution >= 4 is 23.3 Å². The predicted octanol–water partition coefficient (Wildman–Crippen LogP) is 1.83. The Morgan fingerprint density at radius 2 is 2.05 bits per heavy atom. The second-order valence-electron chi connectivity index (χ2n) is 4.31. The van der Waals surface area contributed by atoms with Crippen molar-refractivity contribution in [2.45, 2.75) is 33.2 Å². The van der Waals surface area contributed by atoms with E-state index in [1.54, 1.807) is 5.51 Å². The first kappa shape index (κ1) is 15.4. The Kier molecular flexibility index (Phi) is 5.75. The molecular weight excluding hydrogens is 266 g/mol. The number of urea groups is 1. The summed E-state index contributed by atoms with van der Waals surface area (Å²) < 4.78 is 0. The van der Waals surface area contributed by atoms with Gasteiger partial charge >= 0.3 is 12.0 Å². The summed E-state index contributed by atoms with van der Waals surface area (Å²) in [5.74, 6) is -0.877. The van der Waals surface area contributed by atoms with Gasteiger partial charge in [0.15, 0.2) is 0 Å². The van der Waals surface area contributed by atoms with Crippen molar-refractivity contribution in [3.8, 4) is 0 Å². The van der Waals surface area contributed by atoms with Gasteiger partial charge in [0.05, 0.1) is 23.2 Å². The Morgan fingerprint density at radius 3 is 2.53 bits per heavy atom. The summed E-state index contributed by atoms with van der Waals surface area (Å²) in [7, 11) is 0. The molecular formula is C12H19N3O3S. The first-order chi connectivity index (χ1) is 9.04. The van der Waals surface area contributed by atoms with E-state index in [9.17, 15) is 14.7 Å². The number of hydrogen-bond acceptors (Lipinski definition) is 4. The maximum absolute atomic E-state index is 11.6. The van der Waals surface area contributed by atoms with Gasteiger partial charge in [-0.25, -0.2) is 9.78 Å². The summed E-state index contributed by atoms with van der Waals surface area (Å²) in [6.45, 7) is 4.09. The zero-order chi connectivity index (χ0) is 14.3. The van der Waals surface area contributed by atoms with Crippen LogP contribution in [-0.2, 0) is 11.3 Å². The van der Waals surface area contributed by atoms with E-state index in [-0.39, 0.29) is 12.6 Å². The summed E-state index contributed by atoms with van der Waals surface area (Å²) in [5, 5.41) is 16.3. The third-order valence-electron chi connectivity index (χ3n) is 3.31. The van der Waals surface area contributed by atoms with Crippen molar-refractivity contribution in [1.29, 1.82) is 0 Å². The number of carboxylic acids is 1. The Balaban J connectivity index is 2.42. The maximum Gasteiger partial charge on any atom is 0.315 e. The summed E-state index contributed by atoms with van der Waals surface area (Å²) in [5.41, 5.74) is 1.59. The number of amides is 2. The molecule has 0 spiro atoms. The van der Waals surface area contributed by atoms with Gasteiger partial charge in [-0.1, -0.05) is 13.8 Å². The normalized spacial score (nSPS) is 11.1. The van der Waals surface area contributed by atoms with Crippen molar-refractivity contribution in [2.24, 2.45) is 5.41 Å². The zero-order valence-electron chi connectivity index (χ0n) is 11.1. The number of aliphatic carboxylic acids is 1. The molecule has 2 amide bonds. The fourth-order valence-corrected chi connectivity index (χ4v) is 2.24. The van der Waals surface area contributed by atoms with E-state index in [0.717, 1.165) is 5.69 Å². The van der Waals surface area contributed by atoms with Gasteiger partial charge in [-0.2, -0.15) is 0 Å². The molecule has 0 aliphatic carbocycles. The molecule has 0 radical (unpaired) electrons. The van der Waals surface area contributed by atoms with E-state index in [2.05, 4.69) is 15.6 Å². The highest BCUT2D eigenvalue weighted by molar-refractivity contribution is 7.07. The lowest BCUT2D eigenvalue weighted by molar-refractivity contribution is -0.149. The monoisotopic (exact) mass is 285 g/mol. The van der Waals surface area contributed by atoms with Gasteiger partial charge in [0, 0.05) is 11.9 Å². The molecule has 0 aliphatic rings. The molecule has 0 atom stereocenters. The Hall–Kier alpha value is -1.63. The molecule has 1 aromatic rings. The fraction of sp³-hybridized carbons (Fsp3) is 0.583. The van der Waals surface area contributed by atoms with Crippen molar-refractivity contribution < 1.29 is 14.7 Å². The zero-order valence-corrected chi connectivity index (χ0v) is 11.9. The van der Waals surface area contributed by atoms with Crippen LogP contribution < -0.4 is 10.6 Å². The number of rotatable bonds is 7. The fourth-order valence-electron chi connectivity index (χ4n) is 1.69. The number of nitrogens with zero attached hydrogens (tertiary/aromatic N) is 1. The molecule has 0 aromatic carbocycles. The van der Waals surface area contributed by atoms with Gasteiger partial charge in [-0.3, -0.25) is 4.79 Å². The van der Waals surface area contributed by atoms with E-state index in [1.807, 2.05) is 19.2 Å². The number of thiazole rings is 1. The number of nitrogens with one attached hydrogen (secondary N) is 2. The molecule has 0 fully saturated rings. The Morgan fingerprint density at radius 1 is 1.37 bits per heavy atom. The van der Waals surface area contributed by atoms with Crippen LogP contribution in [0.25, 0.3) is 0 Å². The standard InChI is InChI=1S/C12H19N3O3S/c1-3-12(4-2,10(16)17)7-14-11(18)13-5-9-6-19-8-15-9/h6,8H,3-5,7H2,1-2H3,(H,16,17)(H2,13,14,18). The predicted molar refractivity (Wildman–Crippen MR) is 73.0 cm³/mol. The third-order valence-corrected chi connectivity index (χ3v) is 3.94. The molecule has 3 N–H and O–H groups in total. The lowest BCUT2D eigenvalue weighted by Gasteiger charge is -2.26. The highest BCUT2D eigenvalue weighted by Crippen LogP contribution is 2.25. The van der Waals surface area contributed by atoms with E-state index in [1.165, 1.54) is 11.3 Å². The lowest BCUT2D eigenvalue weighted by atomic mass is 9.82. The minimum Gasteiger partial charge on any atom is -0.481 e. The molecule has 7 heteroatoms. The maximum atomic E-state index is 11.6. The van der Waals surface area contributed by atoms with Crippen LogP contribution in [0, 0.1) is 5.41 Å². The number of carboxylic acid groups (broad SMARTS) is 1. The largest absolute Gasteiger partial charge is 0.481 e. The first-order valence-electron chi connectivity index (χ1n) is 6.16. The van der Waals surface area contributed by atoms with Crippen LogP contribution in [0.5, 0.6) is 0 Å². The Labute approximate surface area is 116 Å². The van der Waals surface area contributed by atoms with E-state index in [4.69, 9.17) is 0 Å². The molecule has 6 nitrogen and oxygen atoms in total. The SMILES string of the molecule is CCC(CC)(CNC(=O)NCc1cscn1)C(=O)O. The summed E-state index contributed by atoms with van der Waals surface area (Å²) in [6.07, 6.45) is 0.955. The first-order valence-corrected chi connectivity index (χ1v) is 7.10. The van der Waals surface area contributed by atoms with E-state index in [0.29, 0.717) is 19.4 Å². The van der Waals surface area contributed by atoms with Gasteiger partial charge in [-0.05, 0) is 12.8 Å². The number of hydrogen-bond donors (Lipinski definition) is 3. The molecule has 0 unspecified atom stereocenters. The number of carbonyl (C=O) groups excluding carboxylic acids is 1. The molecule has 0 saturated carbocycles.